The fraction of sp³-hybridized carbons (Fsp3) is 0.625. The van der Waals surface area contributed by atoms with Gasteiger partial charge in [0.1, 0.15) is 0 Å². The Morgan fingerprint density at radius 3 is 2.89 bits per heavy atom. The number of benzene rings is 1. The molecule has 3 nitrogen and oxygen atoms in total. The van der Waals surface area contributed by atoms with Crippen LogP contribution in [0.5, 0.6) is 0 Å². The summed E-state index contributed by atoms with van der Waals surface area (Å²) in [5, 5.41) is 0. The Balaban J connectivity index is 2.14. The third-order valence-corrected chi connectivity index (χ3v) is 3.96. The van der Waals surface area contributed by atoms with E-state index in [2.05, 4.69) is 43.9 Å². The number of hydrogen-bond donors (Lipinski definition) is 1. The van der Waals surface area contributed by atoms with Crippen LogP contribution in [0.25, 0.3) is 0 Å². The van der Waals surface area contributed by atoms with Crippen LogP contribution in [-0.4, -0.2) is 31.8 Å². The fourth-order valence-electron chi connectivity index (χ4n) is 2.70. The summed E-state index contributed by atoms with van der Waals surface area (Å²) in [6, 6.07) is 7.48. The molecule has 2 rings (SSSR count). The van der Waals surface area contributed by atoms with Crippen molar-refractivity contribution in [2.75, 3.05) is 24.7 Å². The zero-order valence-corrected chi connectivity index (χ0v) is 12.4. The van der Waals surface area contributed by atoms with Crippen LogP contribution in [0.1, 0.15) is 31.4 Å². The molecule has 19 heavy (non-hydrogen) atoms. The third kappa shape index (κ3) is 3.48. The molecule has 1 aliphatic rings. The van der Waals surface area contributed by atoms with E-state index in [0.29, 0.717) is 6.04 Å². The second-order valence-electron chi connectivity index (χ2n) is 5.61. The van der Waals surface area contributed by atoms with E-state index in [4.69, 9.17) is 10.5 Å². The summed E-state index contributed by atoms with van der Waals surface area (Å²) in [6.45, 7) is 9.18. The molecule has 0 bridgehead atoms. The summed E-state index contributed by atoms with van der Waals surface area (Å²) < 4.78 is 5.51. The fourth-order valence-corrected chi connectivity index (χ4v) is 2.70. The Bertz CT molecular complexity index is 419. The average molecular weight is 262 g/mol. The third-order valence-electron chi connectivity index (χ3n) is 3.96. The summed E-state index contributed by atoms with van der Waals surface area (Å²) >= 11 is 0. The van der Waals surface area contributed by atoms with Crippen LogP contribution >= 0.6 is 0 Å². The predicted octanol–water partition coefficient (Wildman–Crippen LogP) is 2.50. The van der Waals surface area contributed by atoms with Gasteiger partial charge in [0.15, 0.2) is 0 Å². The van der Waals surface area contributed by atoms with Gasteiger partial charge in [-0.1, -0.05) is 19.1 Å². The average Bonchev–Trinajstić information content (AvgIpc) is 2.40. The van der Waals surface area contributed by atoms with Crippen LogP contribution in [0.4, 0.5) is 5.69 Å². The van der Waals surface area contributed by atoms with Crippen molar-refractivity contribution >= 4 is 5.69 Å². The van der Waals surface area contributed by atoms with Crippen LogP contribution in [-0.2, 0) is 11.2 Å². The molecule has 0 spiro atoms. The van der Waals surface area contributed by atoms with Gasteiger partial charge in [-0.05, 0) is 43.9 Å². The monoisotopic (exact) mass is 262 g/mol. The number of nitrogens with zero attached hydrogens (tertiary/aromatic N) is 1. The van der Waals surface area contributed by atoms with E-state index >= 15 is 0 Å². The molecule has 2 unspecified atom stereocenters. The minimum Gasteiger partial charge on any atom is -0.377 e. The van der Waals surface area contributed by atoms with Crippen molar-refractivity contribution in [2.45, 2.75) is 45.7 Å². The van der Waals surface area contributed by atoms with Crippen LogP contribution in [0, 0.1) is 6.92 Å². The standard InChI is InChI=1S/C16H26N2O/c1-4-15(17)10-14-5-6-16(12(2)9-14)18-7-8-19-11-13(18)3/h5-6,9,13,15H,4,7-8,10-11,17H2,1-3H3. The summed E-state index contributed by atoms with van der Waals surface area (Å²) in [4.78, 5) is 2.45. The topological polar surface area (TPSA) is 38.5 Å². The number of nitrogens with two attached hydrogens (primary N) is 1. The summed E-state index contributed by atoms with van der Waals surface area (Å²) in [6.07, 6.45) is 2.00. The first kappa shape index (κ1) is 14.4. The Morgan fingerprint density at radius 2 is 2.26 bits per heavy atom. The molecular formula is C16H26N2O. The van der Waals surface area contributed by atoms with Crippen molar-refractivity contribution in [3.63, 3.8) is 0 Å². The first-order valence-electron chi connectivity index (χ1n) is 7.31. The zero-order valence-electron chi connectivity index (χ0n) is 12.4. The van der Waals surface area contributed by atoms with Crippen molar-refractivity contribution in [1.82, 2.24) is 0 Å². The maximum absolute atomic E-state index is 6.03. The molecule has 1 fully saturated rings. The van der Waals surface area contributed by atoms with Crippen LogP contribution in [0.15, 0.2) is 18.2 Å². The van der Waals surface area contributed by atoms with Crippen molar-refractivity contribution < 1.29 is 4.74 Å². The van der Waals surface area contributed by atoms with Gasteiger partial charge in [-0.25, -0.2) is 0 Å². The van der Waals surface area contributed by atoms with Gasteiger partial charge in [-0.3, -0.25) is 0 Å². The van der Waals surface area contributed by atoms with Gasteiger partial charge in [-0.15, -0.1) is 0 Å². The van der Waals surface area contributed by atoms with Gasteiger partial charge in [0.25, 0.3) is 0 Å². The largest absolute Gasteiger partial charge is 0.377 e. The molecule has 2 atom stereocenters. The highest BCUT2D eigenvalue weighted by atomic mass is 16.5. The summed E-state index contributed by atoms with van der Waals surface area (Å²) in [7, 11) is 0. The predicted molar refractivity (Wildman–Crippen MR) is 80.8 cm³/mol. The lowest BCUT2D eigenvalue weighted by Gasteiger charge is -2.36. The minimum absolute atomic E-state index is 0.271. The Hall–Kier alpha value is -1.06. The first-order chi connectivity index (χ1) is 9.11. The van der Waals surface area contributed by atoms with Crippen molar-refractivity contribution in [3.8, 4) is 0 Å². The van der Waals surface area contributed by atoms with E-state index in [9.17, 15) is 0 Å². The molecule has 2 N–H and O–H groups in total. The van der Waals surface area contributed by atoms with Gasteiger partial charge in [-0.2, -0.15) is 0 Å². The summed E-state index contributed by atoms with van der Waals surface area (Å²) in [5.74, 6) is 0. The SMILES string of the molecule is CCC(N)Cc1ccc(N2CCOCC2C)c(C)c1. The zero-order chi connectivity index (χ0) is 13.8. The smallest absolute Gasteiger partial charge is 0.0668 e. The first-order valence-corrected chi connectivity index (χ1v) is 7.31. The Morgan fingerprint density at radius 1 is 1.47 bits per heavy atom. The number of ether oxygens (including phenoxy) is 1. The van der Waals surface area contributed by atoms with Gasteiger partial charge in [0.05, 0.1) is 13.2 Å². The van der Waals surface area contributed by atoms with E-state index < -0.39 is 0 Å². The van der Waals surface area contributed by atoms with E-state index in [1.54, 1.807) is 0 Å². The molecule has 0 aromatic heterocycles. The van der Waals surface area contributed by atoms with Gasteiger partial charge in [0.2, 0.25) is 0 Å². The second-order valence-corrected chi connectivity index (χ2v) is 5.61. The number of anilines is 1. The number of morpholine rings is 1. The van der Waals surface area contributed by atoms with Crippen LogP contribution in [0.2, 0.25) is 0 Å². The van der Waals surface area contributed by atoms with Gasteiger partial charge >= 0.3 is 0 Å². The van der Waals surface area contributed by atoms with Crippen molar-refractivity contribution in [3.05, 3.63) is 29.3 Å². The highest BCUT2D eigenvalue weighted by Crippen LogP contribution is 2.25. The lowest BCUT2D eigenvalue weighted by molar-refractivity contribution is 0.0989. The maximum atomic E-state index is 6.03. The number of aryl methyl sites for hydroxylation is 1. The van der Waals surface area contributed by atoms with Crippen molar-refractivity contribution in [2.24, 2.45) is 5.73 Å². The normalized spacial score (nSPS) is 21.5. The molecule has 0 radical (unpaired) electrons. The molecule has 0 amide bonds. The minimum atomic E-state index is 0.271. The molecule has 1 aromatic rings. The second kappa shape index (κ2) is 6.40. The quantitative estimate of drug-likeness (QED) is 0.906. The van der Waals surface area contributed by atoms with E-state index in [-0.39, 0.29) is 6.04 Å². The molecule has 3 heteroatoms. The lowest BCUT2D eigenvalue weighted by Crippen LogP contribution is -2.44. The van der Waals surface area contributed by atoms with E-state index in [0.717, 1.165) is 32.6 Å². The molecule has 1 aromatic carbocycles. The van der Waals surface area contributed by atoms with Gasteiger partial charge < -0.3 is 15.4 Å². The van der Waals surface area contributed by atoms with Crippen molar-refractivity contribution in [1.29, 1.82) is 0 Å². The highest BCUT2D eigenvalue weighted by Gasteiger charge is 2.20. The molecule has 1 heterocycles. The van der Waals surface area contributed by atoms with E-state index in [1.807, 2.05) is 0 Å². The number of rotatable bonds is 4. The molecular weight excluding hydrogens is 236 g/mol. The van der Waals surface area contributed by atoms with Crippen LogP contribution < -0.4 is 10.6 Å². The molecule has 1 saturated heterocycles. The van der Waals surface area contributed by atoms with Gasteiger partial charge in [0, 0.05) is 24.3 Å². The highest BCUT2D eigenvalue weighted by molar-refractivity contribution is 5.55. The molecule has 0 saturated carbocycles. The maximum Gasteiger partial charge on any atom is 0.0668 e. The Labute approximate surface area is 116 Å². The van der Waals surface area contributed by atoms with Crippen LogP contribution in [0.3, 0.4) is 0 Å². The lowest BCUT2D eigenvalue weighted by atomic mass is 10.0. The molecule has 0 aliphatic carbocycles. The molecule has 106 valence electrons. The summed E-state index contributed by atoms with van der Waals surface area (Å²) in [5.41, 5.74) is 10.1. The van der Waals surface area contributed by atoms with E-state index in [1.165, 1.54) is 16.8 Å². The molecule has 1 aliphatic heterocycles. The number of hydrogen-bond acceptors (Lipinski definition) is 3. The Kier molecular flexibility index (Phi) is 4.83.